The summed E-state index contributed by atoms with van der Waals surface area (Å²) in [5.74, 6) is 0.578. The molecule has 0 aromatic heterocycles. The Morgan fingerprint density at radius 1 is 0.675 bits per heavy atom. The predicted molar refractivity (Wildman–Crippen MR) is 164 cm³/mol. The number of rotatable bonds is 19. The third-order valence-electron chi connectivity index (χ3n) is 7.35. The van der Waals surface area contributed by atoms with Gasteiger partial charge in [-0.25, -0.2) is 4.39 Å². The van der Waals surface area contributed by atoms with Crippen LogP contribution >= 0.6 is 7.60 Å². The van der Waals surface area contributed by atoms with Crippen molar-refractivity contribution in [1.82, 2.24) is 0 Å². The van der Waals surface area contributed by atoms with Crippen LogP contribution in [0.5, 0.6) is 5.75 Å². The Morgan fingerprint density at radius 3 is 1.85 bits per heavy atom. The summed E-state index contributed by atoms with van der Waals surface area (Å²) in [7, 11) is -3.83. The Kier molecular flexibility index (Phi) is 13.9. The zero-order chi connectivity index (χ0) is 28.6. The zero-order valence-electron chi connectivity index (χ0n) is 24.0. The molecule has 40 heavy (non-hydrogen) atoms. The summed E-state index contributed by atoms with van der Waals surface area (Å²) in [6.45, 7) is 2.88. The number of hydrogen-bond donors (Lipinski definition) is 2. The standard InChI is InChI=1S/C34H46FO4P/c1-2-3-11-14-28-15-17-29(18-16-28)31-21-24-33(34(35)27-31)30-19-22-32(23-20-30)39-25-12-9-7-5-4-6-8-10-13-26-40(36,37)38/h15-24,27H,2-14,25-26H2,1H3,(H2,36,37,38). The van der Waals surface area contributed by atoms with E-state index in [0.717, 1.165) is 61.0 Å². The van der Waals surface area contributed by atoms with Crippen LogP contribution < -0.4 is 4.74 Å². The number of halogens is 1. The Bertz CT molecular complexity index is 1170. The van der Waals surface area contributed by atoms with Crippen LogP contribution in [0.15, 0.2) is 66.7 Å². The third-order valence-corrected chi connectivity index (χ3v) is 8.25. The highest BCUT2D eigenvalue weighted by Crippen LogP contribution is 2.35. The summed E-state index contributed by atoms with van der Waals surface area (Å²) in [4.78, 5) is 17.7. The average molecular weight is 569 g/mol. The van der Waals surface area contributed by atoms with Crippen molar-refractivity contribution in [3.63, 3.8) is 0 Å². The summed E-state index contributed by atoms with van der Waals surface area (Å²) >= 11 is 0. The van der Waals surface area contributed by atoms with Gasteiger partial charge in [-0.3, -0.25) is 4.57 Å². The summed E-state index contributed by atoms with van der Waals surface area (Å²) in [6.07, 6.45) is 14.1. The fourth-order valence-electron chi connectivity index (χ4n) is 4.95. The maximum Gasteiger partial charge on any atom is 0.325 e. The van der Waals surface area contributed by atoms with Crippen LogP contribution in [0.1, 0.15) is 89.5 Å². The maximum atomic E-state index is 15.0. The normalized spacial score (nSPS) is 11.6. The summed E-state index contributed by atoms with van der Waals surface area (Å²) in [5, 5.41) is 0. The first-order valence-corrected chi connectivity index (χ1v) is 16.8. The molecule has 0 fully saturated rings. The number of ether oxygens (including phenoxy) is 1. The van der Waals surface area contributed by atoms with Gasteiger partial charge in [-0.15, -0.1) is 0 Å². The number of aryl methyl sites for hydroxylation is 1. The highest BCUT2D eigenvalue weighted by molar-refractivity contribution is 7.51. The Balaban J connectivity index is 1.34. The molecule has 6 heteroatoms. The van der Waals surface area contributed by atoms with Crippen molar-refractivity contribution >= 4 is 7.60 Å². The number of benzene rings is 3. The van der Waals surface area contributed by atoms with Crippen LogP contribution in [0, 0.1) is 5.82 Å². The fraction of sp³-hybridized carbons (Fsp3) is 0.471. The van der Waals surface area contributed by atoms with Crippen molar-refractivity contribution < 1.29 is 23.5 Å². The molecule has 2 N–H and O–H groups in total. The molecule has 3 rings (SSSR count). The van der Waals surface area contributed by atoms with Gasteiger partial charge in [0.2, 0.25) is 0 Å². The molecular formula is C34H46FO4P. The van der Waals surface area contributed by atoms with E-state index >= 15 is 4.39 Å². The van der Waals surface area contributed by atoms with Gasteiger partial charge in [0.1, 0.15) is 11.6 Å². The monoisotopic (exact) mass is 568 g/mol. The van der Waals surface area contributed by atoms with E-state index in [9.17, 15) is 4.57 Å². The molecule has 3 aromatic carbocycles. The van der Waals surface area contributed by atoms with Crippen LogP contribution in [0.4, 0.5) is 4.39 Å². The molecule has 4 nitrogen and oxygen atoms in total. The minimum Gasteiger partial charge on any atom is -0.494 e. The van der Waals surface area contributed by atoms with Crippen molar-refractivity contribution in [3.05, 3.63) is 78.1 Å². The first-order chi connectivity index (χ1) is 19.4. The lowest BCUT2D eigenvalue weighted by molar-refractivity contribution is 0.304. The second-order valence-electron chi connectivity index (χ2n) is 10.8. The van der Waals surface area contributed by atoms with Crippen LogP contribution in [-0.2, 0) is 11.0 Å². The molecule has 218 valence electrons. The average Bonchev–Trinajstić information content (AvgIpc) is 2.94. The highest BCUT2D eigenvalue weighted by atomic mass is 31.2. The topological polar surface area (TPSA) is 66.8 Å². The largest absolute Gasteiger partial charge is 0.494 e. The summed E-state index contributed by atoms with van der Waals surface area (Å²) < 4.78 is 31.8. The molecule has 3 aromatic rings. The lowest BCUT2D eigenvalue weighted by atomic mass is 9.98. The molecule has 0 saturated heterocycles. The second-order valence-corrected chi connectivity index (χ2v) is 12.6. The van der Waals surface area contributed by atoms with Gasteiger partial charge in [-0.05, 0) is 66.1 Å². The SMILES string of the molecule is CCCCCc1ccc(-c2ccc(-c3ccc(OCCCCCCCCCCCP(=O)(O)O)cc3)c(F)c2)cc1. The Morgan fingerprint density at radius 2 is 1.25 bits per heavy atom. The molecule has 0 amide bonds. The molecule has 0 heterocycles. The summed E-state index contributed by atoms with van der Waals surface area (Å²) in [6, 6.07) is 21.6. The Hall–Kier alpha value is -2.46. The zero-order valence-corrected chi connectivity index (χ0v) is 24.9. The van der Waals surface area contributed by atoms with Gasteiger partial charge in [0.05, 0.1) is 6.61 Å². The molecule has 0 aliphatic carbocycles. The molecule has 0 aliphatic heterocycles. The number of unbranched alkanes of at least 4 members (excludes halogenated alkanes) is 10. The van der Waals surface area contributed by atoms with E-state index in [0.29, 0.717) is 18.6 Å². The first kappa shape index (κ1) is 32.1. The van der Waals surface area contributed by atoms with Crippen LogP contribution in [-0.4, -0.2) is 22.6 Å². The van der Waals surface area contributed by atoms with Gasteiger partial charge in [0.15, 0.2) is 0 Å². The van der Waals surface area contributed by atoms with E-state index in [2.05, 4.69) is 31.2 Å². The lowest BCUT2D eigenvalue weighted by Gasteiger charge is -2.10. The second kappa shape index (κ2) is 17.4. The van der Waals surface area contributed by atoms with Crippen molar-refractivity contribution in [2.24, 2.45) is 0 Å². The fourth-order valence-corrected chi connectivity index (χ4v) is 5.59. The lowest BCUT2D eigenvalue weighted by Crippen LogP contribution is -1.97. The molecule has 0 atom stereocenters. The molecule has 0 spiro atoms. The van der Waals surface area contributed by atoms with E-state index in [1.165, 1.54) is 44.1 Å². The van der Waals surface area contributed by atoms with Crippen LogP contribution in [0.25, 0.3) is 22.3 Å². The minimum atomic E-state index is -3.83. The van der Waals surface area contributed by atoms with Crippen molar-refractivity contribution in [3.8, 4) is 28.0 Å². The van der Waals surface area contributed by atoms with Crippen LogP contribution in [0.2, 0.25) is 0 Å². The van der Waals surface area contributed by atoms with Crippen molar-refractivity contribution in [2.75, 3.05) is 12.8 Å². The van der Waals surface area contributed by atoms with E-state index < -0.39 is 7.60 Å². The number of hydrogen-bond acceptors (Lipinski definition) is 2. The molecule has 0 unspecified atom stereocenters. The van der Waals surface area contributed by atoms with Gasteiger partial charge in [-0.1, -0.05) is 113 Å². The molecule has 0 aliphatic rings. The van der Waals surface area contributed by atoms with Gasteiger partial charge in [0, 0.05) is 11.7 Å². The maximum absolute atomic E-state index is 15.0. The highest BCUT2D eigenvalue weighted by Gasteiger charge is 2.11. The van der Waals surface area contributed by atoms with Crippen molar-refractivity contribution in [2.45, 2.75) is 90.4 Å². The van der Waals surface area contributed by atoms with Gasteiger partial charge in [0.25, 0.3) is 0 Å². The predicted octanol–water partition coefficient (Wildman–Crippen LogP) is 9.96. The first-order valence-electron chi connectivity index (χ1n) is 15.0. The molecule has 0 bridgehead atoms. The quantitative estimate of drug-likeness (QED) is 0.112. The minimum absolute atomic E-state index is 0.00838. The Labute approximate surface area is 240 Å². The van der Waals surface area contributed by atoms with E-state index in [1.807, 2.05) is 36.4 Å². The van der Waals surface area contributed by atoms with Crippen molar-refractivity contribution in [1.29, 1.82) is 0 Å². The smallest absolute Gasteiger partial charge is 0.325 e. The van der Waals surface area contributed by atoms with Gasteiger partial charge >= 0.3 is 7.60 Å². The molecular weight excluding hydrogens is 522 g/mol. The molecule has 0 radical (unpaired) electrons. The van der Waals surface area contributed by atoms with E-state index in [1.54, 1.807) is 6.07 Å². The van der Waals surface area contributed by atoms with E-state index in [4.69, 9.17) is 14.5 Å². The summed E-state index contributed by atoms with van der Waals surface area (Å²) in [5.41, 5.74) is 4.68. The van der Waals surface area contributed by atoms with Gasteiger partial charge in [-0.2, -0.15) is 0 Å². The van der Waals surface area contributed by atoms with Gasteiger partial charge < -0.3 is 14.5 Å². The molecule has 0 saturated carbocycles. The van der Waals surface area contributed by atoms with Crippen LogP contribution in [0.3, 0.4) is 0 Å². The third kappa shape index (κ3) is 12.0. The van der Waals surface area contributed by atoms with E-state index in [-0.39, 0.29) is 12.0 Å².